The third-order valence-corrected chi connectivity index (χ3v) is 9.97. The van der Waals surface area contributed by atoms with Gasteiger partial charge in [-0.1, -0.05) is 18.2 Å². The standard InChI is InChI=1S/C38H42N2O7/c1-39-15-13-24-20-31(43-4)33-21-27(24)28(39)18-23-9-12-30(42-3)32(19-23)46-25-10-7-22(8-11-25)17-29-34-26(14-16-40(29)2)35(41)37(44-5)38(45-6)36(34)47-33/h7-12,19-21,28-29,41H,13-18H2,1-6H3. The van der Waals surface area contributed by atoms with E-state index in [-0.39, 0.29) is 23.6 Å². The number of phenols is 1. The molecule has 9 heteroatoms. The fourth-order valence-corrected chi connectivity index (χ4v) is 7.38. The van der Waals surface area contributed by atoms with Crippen LogP contribution < -0.4 is 28.4 Å². The van der Waals surface area contributed by atoms with Crippen LogP contribution in [0.4, 0.5) is 0 Å². The van der Waals surface area contributed by atoms with E-state index in [1.54, 1.807) is 28.4 Å². The van der Waals surface area contributed by atoms with E-state index in [9.17, 15) is 5.11 Å². The molecule has 0 saturated heterocycles. The first-order valence-corrected chi connectivity index (χ1v) is 16.1. The molecular weight excluding hydrogens is 596 g/mol. The van der Waals surface area contributed by atoms with E-state index < -0.39 is 0 Å². The molecule has 47 heavy (non-hydrogen) atoms. The summed E-state index contributed by atoms with van der Waals surface area (Å²) in [5.41, 5.74) is 6.33. The van der Waals surface area contributed by atoms with Gasteiger partial charge in [0.1, 0.15) is 5.75 Å². The average molecular weight is 639 g/mol. The minimum atomic E-state index is -0.121. The molecule has 4 aliphatic rings. The maximum absolute atomic E-state index is 11.5. The average Bonchev–Trinajstić information content (AvgIpc) is 3.08. The lowest BCUT2D eigenvalue weighted by molar-refractivity contribution is 0.216. The fourth-order valence-electron chi connectivity index (χ4n) is 7.38. The number of rotatable bonds is 4. The van der Waals surface area contributed by atoms with Crippen molar-refractivity contribution in [3.8, 4) is 51.7 Å². The molecule has 1 N–H and O–H groups in total. The van der Waals surface area contributed by atoms with Crippen molar-refractivity contribution >= 4 is 0 Å². The van der Waals surface area contributed by atoms with Gasteiger partial charge in [0.2, 0.25) is 11.5 Å². The zero-order chi connectivity index (χ0) is 32.8. The van der Waals surface area contributed by atoms with Crippen LogP contribution in [0.3, 0.4) is 0 Å². The van der Waals surface area contributed by atoms with Crippen LogP contribution in [0.15, 0.2) is 54.6 Å². The van der Waals surface area contributed by atoms with Crippen LogP contribution >= 0.6 is 0 Å². The zero-order valence-electron chi connectivity index (χ0n) is 27.9. The number of fused-ring (bicyclic) bond motifs is 2. The van der Waals surface area contributed by atoms with Gasteiger partial charge < -0.3 is 33.5 Å². The molecule has 0 amide bonds. The van der Waals surface area contributed by atoms with Crippen molar-refractivity contribution in [3.63, 3.8) is 0 Å². The van der Waals surface area contributed by atoms with Crippen molar-refractivity contribution in [1.82, 2.24) is 9.80 Å². The molecule has 9 nitrogen and oxygen atoms in total. The molecule has 0 saturated carbocycles. The predicted octanol–water partition coefficient (Wildman–Crippen LogP) is 6.87. The lowest BCUT2D eigenvalue weighted by Crippen LogP contribution is -2.34. The molecule has 0 fully saturated rings. The number of phenolic OH excluding ortho intramolecular Hbond substituents is 1. The van der Waals surface area contributed by atoms with Crippen molar-refractivity contribution in [3.05, 3.63) is 88.0 Å². The summed E-state index contributed by atoms with van der Waals surface area (Å²) < 4.78 is 36.7. The Balaban J connectivity index is 1.48. The molecule has 8 rings (SSSR count). The maximum atomic E-state index is 11.5. The third-order valence-electron chi connectivity index (χ3n) is 9.97. The van der Waals surface area contributed by atoms with E-state index in [1.807, 2.05) is 18.2 Å². The zero-order valence-corrected chi connectivity index (χ0v) is 27.9. The number of hydrogen-bond acceptors (Lipinski definition) is 9. The summed E-state index contributed by atoms with van der Waals surface area (Å²) in [6, 6.07) is 18.5. The Morgan fingerprint density at radius 3 is 2.06 bits per heavy atom. The van der Waals surface area contributed by atoms with Gasteiger partial charge in [0.15, 0.2) is 34.5 Å². The van der Waals surface area contributed by atoms with Crippen LogP contribution in [-0.2, 0) is 25.7 Å². The van der Waals surface area contributed by atoms with Gasteiger partial charge in [-0.3, -0.25) is 9.80 Å². The van der Waals surface area contributed by atoms with Crippen molar-refractivity contribution in [1.29, 1.82) is 0 Å². The second-order valence-electron chi connectivity index (χ2n) is 12.6. The summed E-state index contributed by atoms with van der Waals surface area (Å²) in [5.74, 6) is 4.53. The van der Waals surface area contributed by atoms with Gasteiger partial charge in [-0.05, 0) is 98.4 Å². The lowest BCUT2D eigenvalue weighted by Gasteiger charge is -2.37. The summed E-state index contributed by atoms with van der Waals surface area (Å²) in [6.07, 6.45) is 2.95. The Bertz CT molecular complexity index is 1810. The van der Waals surface area contributed by atoms with Crippen molar-refractivity contribution in [2.45, 2.75) is 37.8 Å². The molecule has 2 atom stereocenters. The number of ether oxygens (including phenoxy) is 6. The highest BCUT2D eigenvalue weighted by atomic mass is 16.5. The van der Waals surface area contributed by atoms with Gasteiger partial charge in [-0.2, -0.15) is 0 Å². The highest BCUT2D eigenvalue weighted by Crippen LogP contribution is 2.56. The molecule has 0 radical (unpaired) electrons. The first kappa shape index (κ1) is 31.0. The number of benzene rings is 4. The molecule has 0 aromatic heterocycles. The Kier molecular flexibility index (Phi) is 8.28. The van der Waals surface area contributed by atoms with Crippen LogP contribution in [0.1, 0.15) is 45.5 Å². The SMILES string of the molecule is COc1ccc2cc1Oc1ccc(cc1)CC1c3c(c(O)c(OC)c(OC)c3Oc3cc4c(cc3OC)CCN(C)C4C2)CCN1C. The Morgan fingerprint density at radius 2 is 1.34 bits per heavy atom. The first-order valence-electron chi connectivity index (χ1n) is 16.1. The van der Waals surface area contributed by atoms with E-state index in [1.165, 1.54) is 11.1 Å². The predicted molar refractivity (Wildman–Crippen MR) is 179 cm³/mol. The first-order chi connectivity index (χ1) is 22.8. The van der Waals surface area contributed by atoms with E-state index in [0.29, 0.717) is 47.3 Å². The van der Waals surface area contributed by atoms with E-state index in [0.717, 1.165) is 53.9 Å². The van der Waals surface area contributed by atoms with E-state index in [2.05, 4.69) is 60.3 Å². The van der Waals surface area contributed by atoms with Crippen LogP contribution in [-0.4, -0.2) is 70.5 Å². The number of nitrogens with zero attached hydrogens (tertiary/aromatic N) is 2. The molecule has 4 heterocycles. The highest BCUT2D eigenvalue weighted by Gasteiger charge is 2.37. The normalized spacial score (nSPS) is 19.0. The summed E-state index contributed by atoms with van der Waals surface area (Å²) >= 11 is 0. The van der Waals surface area contributed by atoms with Gasteiger partial charge in [0, 0.05) is 36.3 Å². The monoisotopic (exact) mass is 638 g/mol. The second-order valence-corrected chi connectivity index (χ2v) is 12.6. The van der Waals surface area contributed by atoms with Crippen LogP contribution in [0.2, 0.25) is 0 Å². The maximum Gasteiger partial charge on any atom is 0.208 e. The number of hydrogen-bond donors (Lipinski definition) is 1. The van der Waals surface area contributed by atoms with Gasteiger partial charge >= 0.3 is 0 Å². The molecule has 4 aromatic carbocycles. The molecular formula is C38H42N2O7. The molecule has 6 bridgehead atoms. The van der Waals surface area contributed by atoms with E-state index >= 15 is 0 Å². The quantitative estimate of drug-likeness (QED) is 0.258. The van der Waals surface area contributed by atoms with Crippen LogP contribution in [0.5, 0.6) is 51.7 Å². The molecule has 0 aliphatic carbocycles. The lowest BCUT2D eigenvalue weighted by atomic mass is 9.86. The largest absolute Gasteiger partial charge is 0.504 e. The summed E-state index contributed by atoms with van der Waals surface area (Å²) in [7, 11) is 10.7. The van der Waals surface area contributed by atoms with Crippen LogP contribution in [0.25, 0.3) is 0 Å². The molecule has 246 valence electrons. The fraction of sp³-hybridized carbons (Fsp3) is 0.368. The second kappa shape index (κ2) is 12.5. The van der Waals surface area contributed by atoms with Gasteiger partial charge in [0.25, 0.3) is 0 Å². The topological polar surface area (TPSA) is 82.1 Å². The Hall–Kier alpha value is -4.60. The number of methoxy groups -OCH3 is 4. The third kappa shape index (κ3) is 5.47. The number of aromatic hydroxyl groups is 1. The highest BCUT2D eigenvalue weighted by molar-refractivity contribution is 5.69. The van der Waals surface area contributed by atoms with Gasteiger partial charge in [-0.15, -0.1) is 0 Å². The Morgan fingerprint density at radius 1 is 0.681 bits per heavy atom. The van der Waals surface area contributed by atoms with Crippen molar-refractivity contribution in [2.24, 2.45) is 0 Å². The molecule has 2 unspecified atom stereocenters. The van der Waals surface area contributed by atoms with Gasteiger partial charge in [0.05, 0.1) is 28.4 Å². The van der Waals surface area contributed by atoms with Crippen LogP contribution in [0, 0.1) is 0 Å². The van der Waals surface area contributed by atoms with E-state index in [4.69, 9.17) is 28.4 Å². The minimum Gasteiger partial charge on any atom is -0.504 e. The Labute approximate surface area is 276 Å². The van der Waals surface area contributed by atoms with Crippen molar-refractivity contribution < 1.29 is 33.5 Å². The molecule has 0 spiro atoms. The smallest absolute Gasteiger partial charge is 0.208 e. The van der Waals surface area contributed by atoms with Gasteiger partial charge in [-0.25, -0.2) is 0 Å². The molecule has 4 aliphatic heterocycles. The summed E-state index contributed by atoms with van der Waals surface area (Å²) in [5, 5.41) is 11.5. The van der Waals surface area contributed by atoms with Crippen molar-refractivity contribution in [2.75, 3.05) is 55.6 Å². The molecule has 4 aromatic rings. The number of likely N-dealkylation sites (N-methyl/N-ethyl adjacent to an activating group) is 2. The summed E-state index contributed by atoms with van der Waals surface area (Å²) in [6.45, 7) is 1.67. The minimum absolute atomic E-state index is 0.0791. The summed E-state index contributed by atoms with van der Waals surface area (Å²) in [4.78, 5) is 4.69.